The van der Waals surface area contributed by atoms with Crippen molar-refractivity contribution in [2.75, 3.05) is 13.7 Å². The van der Waals surface area contributed by atoms with Gasteiger partial charge in [0.05, 0.1) is 0 Å². The Morgan fingerprint density at radius 1 is 1.36 bits per heavy atom. The summed E-state index contributed by atoms with van der Waals surface area (Å²) >= 11 is 11.7. The van der Waals surface area contributed by atoms with E-state index in [-0.39, 0.29) is 6.54 Å². The lowest BCUT2D eigenvalue weighted by atomic mass is 10.1. The highest BCUT2D eigenvalue weighted by molar-refractivity contribution is 6.53. The monoisotopic (exact) mass is 347 g/mol. The molecule has 1 aliphatic rings. The van der Waals surface area contributed by atoms with Crippen LogP contribution in [0.1, 0.15) is 18.9 Å². The predicted octanol–water partition coefficient (Wildman–Crippen LogP) is 2.91. The standard InChI is InChI=1S/C15H16Cl2FNO3/c1-14(9-15(14,16)17)13(21)22-8-12(20)19(2)7-10-5-3-4-6-11(10)18/h3-6H,7-9H2,1-2H3. The normalized spacial score (nSPS) is 22.0. The van der Waals surface area contributed by atoms with E-state index in [9.17, 15) is 14.0 Å². The number of likely N-dealkylation sites (N-methyl/N-ethyl adjacent to an activating group) is 1. The number of carbonyl (C=O) groups is 2. The van der Waals surface area contributed by atoms with Crippen molar-refractivity contribution in [2.24, 2.45) is 5.41 Å². The Balaban J connectivity index is 1.85. The van der Waals surface area contributed by atoms with Gasteiger partial charge in [0.2, 0.25) is 0 Å². The van der Waals surface area contributed by atoms with E-state index in [0.717, 1.165) is 0 Å². The molecule has 0 bridgehead atoms. The van der Waals surface area contributed by atoms with Gasteiger partial charge in [-0.05, 0) is 13.0 Å². The number of carbonyl (C=O) groups excluding carboxylic acids is 2. The van der Waals surface area contributed by atoms with E-state index in [1.165, 1.54) is 18.0 Å². The molecule has 4 nitrogen and oxygen atoms in total. The number of hydrogen-bond donors (Lipinski definition) is 0. The van der Waals surface area contributed by atoms with E-state index < -0.39 is 34.0 Å². The highest BCUT2D eigenvalue weighted by Crippen LogP contribution is 2.64. The fraction of sp³-hybridized carbons (Fsp3) is 0.467. The molecule has 2 rings (SSSR count). The molecule has 1 amide bonds. The molecule has 1 saturated carbocycles. The number of ether oxygens (including phenoxy) is 1. The Morgan fingerprint density at radius 2 is 1.95 bits per heavy atom. The molecule has 7 heteroatoms. The molecule has 0 N–H and O–H groups in total. The van der Waals surface area contributed by atoms with Gasteiger partial charge in [0, 0.05) is 25.6 Å². The minimum absolute atomic E-state index is 0.0925. The van der Waals surface area contributed by atoms with Crippen molar-refractivity contribution in [1.29, 1.82) is 0 Å². The molecule has 1 fully saturated rings. The number of esters is 1. The molecule has 1 unspecified atom stereocenters. The van der Waals surface area contributed by atoms with Crippen LogP contribution in [0.3, 0.4) is 0 Å². The summed E-state index contributed by atoms with van der Waals surface area (Å²) in [5, 5.41) is 0. The molecule has 120 valence electrons. The molecule has 0 radical (unpaired) electrons. The molecule has 1 aromatic carbocycles. The first-order chi connectivity index (χ1) is 10.2. The van der Waals surface area contributed by atoms with Crippen LogP contribution in [0.4, 0.5) is 4.39 Å². The van der Waals surface area contributed by atoms with Gasteiger partial charge >= 0.3 is 5.97 Å². The summed E-state index contributed by atoms with van der Waals surface area (Å²) in [6.07, 6.45) is 0.293. The first-order valence-electron chi connectivity index (χ1n) is 6.70. The maximum atomic E-state index is 13.5. The highest BCUT2D eigenvalue weighted by atomic mass is 35.5. The van der Waals surface area contributed by atoms with Gasteiger partial charge < -0.3 is 9.64 Å². The maximum absolute atomic E-state index is 13.5. The van der Waals surface area contributed by atoms with E-state index in [2.05, 4.69) is 0 Å². The first kappa shape index (κ1) is 17.0. The molecule has 0 spiro atoms. The zero-order valence-electron chi connectivity index (χ0n) is 12.2. The minimum atomic E-state index is -1.13. The molecule has 1 aromatic rings. The van der Waals surface area contributed by atoms with Crippen molar-refractivity contribution in [3.8, 4) is 0 Å². The molecule has 0 heterocycles. The van der Waals surface area contributed by atoms with Crippen LogP contribution in [0, 0.1) is 11.2 Å². The quantitative estimate of drug-likeness (QED) is 0.607. The average molecular weight is 348 g/mol. The predicted molar refractivity (Wildman–Crippen MR) is 81.0 cm³/mol. The van der Waals surface area contributed by atoms with Crippen molar-refractivity contribution in [2.45, 2.75) is 24.2 Å². The van der Waals surface area contributed by atoms with E-state index >= 15 is 0 Å². The lowest BCUT2D eigenvalue weighted by Gasteiger charge is -2.18. The Bertz CT molecular complexity index is 608. The van der Waals surface area contributed by atoms with Gasteiger partial charge in [-0.1, -0.05) is 18.2 Å². The SMILES string of the molecule is CN(Cc1ccccc1F)C(=O)COC(=O)C1(C)CC1(Cl)Cl. The summed E-state index contributed by atoms with van der Waals surface area (Å²) in [7, 11) is 1.51. The minimum Gasteiger partial charge on any atom is -0.455 e. The molecule has 1 aliphatic carbocycles. The number of benzene rings is 1. The highest BCUT2D eigenvalue weighted by Gasteiger charge is 2.69. The number of alkyl halides is 2. The summed E-state index contributed by atoms with van der Waals surface area (Å²) in [6, 6.07) is 6.17. The van der Waals surface area contributed by atoms with Crippen molar-refractivity contribution in [3.05, 3.63) is 35.6 Å². The van der Waals surface area contributed by atoms with Gasteiger partial charge in [-0.25, -0.2) is 4.39 Å². The van der Waals surface area contributed by atoms with Crippen molar-refractivity contribution in [1.82, 2.24) is 4.90 Å². The second-order valence-electron chi connectivity index (χ2n) is 5.63. The molecule has 0 aliphatic heterocycles. The van der Waals surface area contributed by atoms with Crippen LogP contribution < -0.4 is 0 Å². The van der Waals surface area contributed by atoms with Crippen molar-refractivity contribution >= 4 is 35.1 Å². The van der Waals surface area contributed by atoms with Crippen LogP contribution in [-0.4, -0.2) is 34.8 Å². The van der Waals surface area contributed by atoms with Crippen molar-refractivity contribution < 1.29 is 18.7 Å². The van der Waals surface area contributed by atoms with Gasteiger partial charge in [0.15, 0.2) is 6.61 Å². The van der Waals surface area contributed by atoms with Crippen LogP contribution in [-0.2, 0) is 20.9 Å². The van der Waals surface area contributed by atoms with Crippen LogP contribution in [0.15, 0.2) is 24.3 Å². The number of amides is 1. The Morgan fingerprint density at radius 3 is 2.50 bits per heavy atom. The maximum Gasteiger partial charge on any atom is 0.315 e. The Hall–Kier alpha value is -1.33. The zero-order valence-corrected chi connectivity index (χ0v) is 13.7. The van der Waals surface area contributed by atoms with Crippen LogP contribution in [0.2, 0.25) is 0 Å². The van der Waals surface area contributed by atoms with Gasteiger partial charge in [-0.2, -0.15) is 0 Å². The number of nitrogens with zero attached hydrogens (tertiary/aromatic N) is 1. The molecule has 1 atom stereocenters. The topological polar surface area (TPSA) is 46.6 Å². The van der Waals surface area contributed by atoms with Crippen LogP contribution in [0.25, 0.3) is 0 Å². The number of rotatable bonds is 5. The number of hydrogen-bond acceptors (Lipinski definition) is 3. The Labute approximate surface area is 138 Å². The van der Waals surface area contributed by atoms with Crippen LogP contribution in [0.5, 0.6) is 0 Å². The van der Waals surface area contributed by atoms with E-state index in [4.69, 9.17) is 27.9 Å². The summed E-state index contributed by atoms with van der Waals surface area (Å²) < 4.78 is 17.4. The van der Waals surface area contributed by atoms with E-state index in [1.807, 2.05) is 0 Å². The Kier molecular flexibility index (Phi) is 4.68. The summed E-state index contributed by atoms with van der Waals surface area (Å²) in [5.74, 6) is -1.43. The van der Waals surface area contributed by atoms with E-state index in [1.54, 1.807) is 25.1 Å². The summed E-state index contributed by atoms with van der Waals surface area (Å²) in [4.78, 5) is 25.1. The third kappa shape index (κ3) is 3.36. The summed E-state index contributed by atoms with van der Waals surface area (Å²) in [5.41, 5.74) is -0.583. The third-order valence-electron chi connectivity index (χ3n) is 3.83. The lowest BCUT2D eigenvalue weighted by molar-refractivity contribution is -0.156. The van der Waals surface area contributed by atoms with Crippen molar-refractivity contribution in [3.63, 3.8) is 0 Å². The summed E-state index contributed by atoms with van der Waals surface area (Å²) in [6.45, 7) is 1.25. The lowest BCUT2D eigenvalue weighted by Crippen LogP contribution is -2.33. The number of halogens is 3. The van der Waals surface area contributed by atoms with E-state index in [0.29, 0.717) is 12.0 Å². The van der Waals surface area contributed by atoms with Gasteiger partial charge in [-0.15, -0.1) is 23.2 Å². The average Bonchev–Trinajstić information content (AvgIpc) is 2.98. The van der Waals surface area contributed by atoms with Gasteiger partial charge in [0.25, 0.3) is 5.91 Å². The molecule has 0 saturated heterocycles. The van der Waals surface area contributed by atoms with Crippen LogP contribution >= 0.6 is 23.2 Å². The fourth-order valence-corrected chi connectivity index (χ4v) is 2.68. The third-order valence-corrected chi connectivity index (χ3v) is 4.93. The molecule has 0 aromatic heterocycles. The van der Waals surface area contributed by atoms with Gasteiger partial charge in [0.1, 0.15) is 15.6 Å². The fourth-order valence-electron chi connectivity index (χ4n) is 1.99. The molecule has 22 heavy (non-hydrogen) atoms. The smallest absolute Gasteiger partial charge is 0.315 e. The second kappa shape index (κ2) is 6.05. The largest absolute Gasteiger partial charge is 0.455 e. The molecular formula is C15H16Cl2FNO3. The second-order valence-corrected chi connectivity index (χ2v) is 7.11. The first-order valence-corrected chi connectivity index (χ1v) is 7.45. The zero-order chi connectivity index (χ0) is 16.5. The molecular weight excluding hydrogens is 332 g/mol. The van der Waals surface area contributed by atoms with Gasteiger partial charge in [-0.3, -0.25) is 9.59 Å².